The fourth-order valence-electron chi connectivity index (χ4n) is 2.71. The molecule has 0 saturated carbocycles. The number of hydrogen-bond acceptors (Lipinski definition) is 6. The summed E-state index contributed by atoms with van der Waals surface area (Å²) >= 11 is 0. The molecule has 0 spiro atoms. The van der Waals surface area contributed by atoms with Gasteiger partial charge in [-0.1, -0.05) is 0 Å². The molecule has 3 aromatic rings. The van der Waals surface area contributed by atoms with Crippen molar-refractivity contribution in [3.8, 4) is 11.4 Å². The summed E-state index contributed by atoms with van der Waals surface area (Å²) in [6, 6.07) is 0.965. The van der Waals surface area contributed by atoms with Crippen LogP contribution >= 0.6 is 0 Å². The van der Waals surface area contributed by atoms with Gasteiger partial charge in [0.25, 0.3) is 11.8 Å². The molecule has 3 N–H and O–H groups in total. The number of hydrogen-bond donors (Lipinski definition) is 2. The Bertz CT molecular complexity index is 1210. The highest BCUT2D eigenvalue weighted by Gasteiger charge is 2.37. The number of alkyl halides is 6. The Kier molecular flexibility index (Phi) is 6.09. The number of nitrogens with two attached hydrogens (primary N) is 1. The number of carbonyl (C=O) groups excluding carboxylic acids is 2. The van der Waals surface area contributed by atoms with Gasteiger partial charge in [0.1, 0.15) is 6.33 Å². The maximum Gasteiger partial charge on any atom is 0.416 e. The van der Waals surface area contributed by atoms with E-state index in [0.29, 0.717) is 12.1 Å². The maximum absolute atomic E-state index is 13.0. The van der Waals surface area contributed by atoms with Crippen molar-refractivity contribution in [2.45, 2.75) is 19.3 Å². The molecule has 0 unspecified atom stereocenters. The summed E-state index contributed by atoms with van der Waals surface area (Å²) in [4.78, 5) is 27.6. The number of amides is 1. The lowest BCUT2D eigenvalue weighted by Crippen LogP contribution is -2.30. The summed E-state index contributed by atoms with van der Waals surface area (Å²) in [6.07, 6.45) is -5.94. The molecule has 33 heavy (non-hydrogen) atoms. The Hall–Kier alpha value is -4.01. The van der Waals surface area contributed by atoms with E-state index in [0.717, 1.165) is 34.2 Å². The van der Waals surface area contributed by atoms with Crippen molar-refractivity contribution in [2.75, 3.05) is 0 Å². The molecule has 1 amide bonds. The van der Waals surface area contributed by atoms with Gasteiger partial charge in [-0.3, -0.25) is 15.0 Å². The van der Waals surface area contributed by atoms with Gasteiger partial charge >= 0.3 is 12.4 Å². The van der Waals surface area contributed by atoms with Gasteiger partial charge in [0.05, 0.1) is 28.6 Å². The van der Waals surface area contributed by atoms with Gasteiger partial charge in [0.2, 0.25) is 0 Å². The topological polar surface area (TPSA) is 121 Å². The van der Waals surface area contributed by atoms with Gasteiger partial charge in [-0.25, -0.2) is 20.2 Å². The van der Waals surface area contributed by atoms with Crippen LogP contribution in [-0.2, 0) is 12.4 Å². The summed E-state index contributed by atoms with van der Waals surface area (Å²) in [6.45, 7) is 1.43. The third-order valence-electron chi connectivity index (χ3n) is 4.32. The molecule has 15 heteroatoms. The molecule has 0 saturated heterocycles. The molecule has 0 aliphatic heterocycles. The monoisotopic (exact) mass is 473 g/mol. The minimum atomic E-state index is -5.02. The van der Waals surface area contributed by atoms with Gasteiger partial charge in [-0.05, 0) is 25.1 Å². The Labute approximate surface area is 180 Å². The van der Waals surface area contributed by atoms with Crippen LogP contribution in [0, 0.1) is 6.92 Å². The second kappa shape index (κ2) is 8.50. The first-order valence-corrected chi connectivity index (χ1v) is 8.80. The van der Waals surface area contributed by atoms with Crippen molar-refractivity contribution < 1.29 is 35.9 Å². The fourth-order valence-corrected chi connectivity index (χ4v) is 2.71. The van der Waals surface area contributed by atoms with Crippen LogP contribution in [0.2, 0.25) is 0 Å². The van der Waals surface area contributed by atoms with E-state index in [-0.39, 0.29) is 17.3 Å². The first-order chi connectivity index (χ1) is 15.3. The predicted molar refractivity (Wildman–Crippen MR) is 100 cm³/mol. The molecule has 0 fully saturated rings. The van der Waals surface area contributed by atoms with Gasteiger partial charge in [-0.15, -0.1) is 5.10 Å². The molecule has 174 valence electrons. The van der Waals surface area contributed by atoms with Crippen molar-refractivity contribution in [1.82, 2.24) is 30.0 Å². The number of hydrazine groups is 1. The number of nitrogens with zero attached hydrogens (tertiary/aromatic N) is 5. The Morgan fingerprint density at radius 3 is 2.21 bits per heavy atom. The average molecular weight is 473 g/mol. The van der Waals surface area contributed by atoms with E-state index in [4.69, 9.17) is 5.84 Å². The van der Waals surface area contributed by atoms with Crippen LogP contribution in [0.1, 0.15) is 32.0 Å². The molecule has 2 aromatic heterocycles. The second-order valence-corrected chi connectivity index (χ2v) is 6.53. The minimum absolute atomic E-state index is 0.00926. The zero-order valence-corrected chi connectivity index (χ0v) is 16.4. The maximum atomic E-state index is 13.0. The second-order valence-electron chi connectivity index (χ2n) is 6.53. The minimum Gasteiger partial charge on any atom is -0.290 e. The number of benzene rings is 1. The highest BCUT2D eigenvalue weighted by atomic mass is 19.4. The van der Waals surface area contributed by atoms with E-state index in [1.807, 2.05) is 5.43 Å². The molecular formula is C18H13F6N7O2. The number of allylic oxidation sites excluding steroid dienone is 1. The van der Waals surface area contributed by atoms with Gasteiger partial charge in [-0.2, -0.15) is 31.4 Å². The summed E-state index contributed by atoms with van der Waals surface area (Å²) in [5.74, 6) is 3.21. The number of rotatable bonds is 4. The largest absolute Gasteiger partial charge is 0.416 e. The average Bonchev–Trinajstić information content (AvgIpc) is 3.36. The number of nitrogen functional groups attached to an aromatic ring is 1. The third-order valence-corrected chi connectivity index (χ3v) is 4.32. The first kappa shape index (κ1) is 23.6. The Balaban J connectivity index is 1.89. The molecule has 3 rings (SSSR count). The fraction of sp³-hybridized carbons (Fsp3) is 0.167. The molecule has 9 nitrogen and oxygen atoms in total. The molecule has 0 radical (unpaired) electrons. The lowest BCUT2D eigenvalue weighted by atomic mass is 10.0. The van der Waals surface area contributed by atoms with Crippen molar-refractivity contribution in [2.24, 2.45) is 5.84 Å². The van der Waals surface area contributed by atoms with E-state index in [9.17, 15) is 35.9 Å². The van der Waals surface area contributed by atoms with E-state index in [1.54, 1.807) is 0 Å². The lowest BCUT2D eigenvalue weighted by molar-refractivity contribution is -0.143. The van der Waals surface area contributed by atoms with Crippen LogP contribution in [0.4, 0.5) is 26.3 Å². The van der Waals surface area contributed by atoms with Gasteiger partial charge in [0, 0.05) is 17.8 Å². The highest BCUT2D eigenvalue weighted by molar-refractivity contribution is 5.97. The lowest BCUT2D eigenvalue weighted by Gasteiger charge is -2.13. The van der Waals surface area contributed by atoms with E-state index in [1.165, 1.54) is 6.92 Å². The Morgan fingerprint density at radius 2 is 1.67 bits per heavy atom. The van der Waals surface area contributed by atoms with Gasteiger partial charge < -0.3 is 0 Å². The number of halogens is 6. The van der Waals surface area contributed by atoms with Crippen LogP contribution < -0.4 is 11.3 Å². The zero-order chi connectivity index (χ0) is 24.6. The van der Waals surface area contributed by atoms with Crippen LogP contribution in [0.25, 0.3) is 17.6 Å². The smallest absolute Gasteiger partial charge is 0.290 e. The SMILES string of the molecule is Cc1c(C(=O)NN)cnn1C(=O)C=Cn1cnc(-c2cc(C(F)(F)F)cc(C(F)(F)F)c2)n1. The van der Waals surface area contributed by atoms with Crippen molar-refractivity contribution in [3.63, 3.8) is 0 Å². The summed E-state index contributed by atoms with van der Waals surface area (Å²) in [5, 5.41) is 7.54. The van der Waals surface area contributed by atoms with Crippen LogP contribution in [0.15, 0.2) is 36.8 Å². The summed E-state index contributed by atoms with van der Waals surface area (Å²) < 4.78 is 80.0. The molecule has 1 aromatic carbocycles. The third kappa shape index (κ3) is 5.08. The van der Waals surface area contributed by atoms with Crippen LogP contribution in [0.5, 0.6) is 0 Å². The molecule has 0 bridgehead atoms. The van der Waals surface area contributed by atoms with E-state index < -0.39 is 46.7 Å². The quantitative estimate of drug-likeness (QED) is 0.198. The number of carbonyl (C=O) groups is 2. The Morgan fingerprint density at radius 1 is 1.06 bits per heavy atom. The van der Waals surface area contributed by atoms with E-state index >= 15 is 0 Å². The summed E-state index contributed by atoms with van der Waals surface area (Å²) in [7, 11) is 0. The number of nitrogens with one attached hydrogen (secondary N) is 1. The summed E-state index contributed by atoms with van der Waals surface area (Å²) in [5.41, 5.74) is -1.43. The molecule has 0 aliphatic rings. The molecular weight excluding hydrogens is 460 g/mol. The first-order valence-electron chi connectivity index (χ1n) is 8.80. The van der Waals surface area contributed by atoms with Crippen molar-refractivity contribution in [3.05, 3.63) is 59.2 Å². The molecule has 0 atom stereocenters. The highest BCUT2D eigenvalue weighted by Crippen LogP contribution is 2.38. The predicted octanol–water partition coefficient (Wildman–Crippen LogP) is 2.90. The standard InChI is InChI=1S/C18H13F6N7O2/c1-9-13(16(33)28-25)7-27-31(9)14(32)2-3-30-8-26-15(29-30)10-4-11(17(19,20)21)6-12(5-10)18(22,23)24/h2-8H,25H2,1H3,(H,28,33). The zero-order valence-electron chi connectivity index (χ0n) is 16.4. The van der Waals surface area contributed by atoms with Crippen LogP contribution in [-0.4, -0.2) is 36.4 Å². The van der Waals surface area contributed by atoms with Crippen LogP contribution in [0.3, 0.4) is 0 Å². The normalized spacial score (nSPS) is 12.4. The van der Waals surface area contributed by atoms with E-state index in [2.05, 4.69) is 15.2 Å². The van der Waals surface area contributed by atoms with Crippen molar-refractivity contribution in [1.29, 1.82) is 0 Å². The molecule has 2 heterocycles. The molecule has 0 aliphatic carbocycles. The van der Waals surface area contributed by atoms with Crippen molar-refractivity contribution >= 4 is 18.0 Å². The number of aromatic nitrogens is 5. The van der Waals surface area contributed by atoms with Gasteiger partial charge in [0.15, 0.2) is 5.82 Å².